The van der Waals surface area contributed by atoms with Crippen molar-refractivity contribution in [3.05, 3.63) is 59.7 Å². The van der Waals surface area contributed by atoms with Gasteiger partial charge < -0.3 is 15.8 Å². The van der Waals surface area contributed by atoms with Crippen molar-refractivity contribution in [2.24, 2.45) is 0 Å². The zero-order chi connectivity index (χ0) is 15.9. The minimum Gasteiger partial charge on any atom is -0.473 e. The molecule has 2 aromatic rings. The lowest BCUT2D eigenvalue weighted by Gasteiger charge is -2.09. The van der Waals surface area contributed by atoms with Crippen molar-refractivity contribution in [3.8, 4) is 5.75 Å². The van der Waals surface area contributed by atoms with Crippen LogP contribution in [0.3, 0.4) is 0 Å². The topological polar surface area (TPSA) is 93.5 Å². The van der Waals surface area contributed by atoms with E-state index in [0.717, 1.165) is 5.56 Å². The molecule has 0 fully saturated rings. The summed E-state index contributed by atoms with van der Waals surface area (Å²) in [4.78, 5) is 23.4. The van der Waals surface area contributed by atoms with Crippen molar-refractivity contribution >= 4 is 17.6 Å². The van der Waals surface area contributed by atoms with Crippen LogP contribution in [0.25, 0.3) is 0 Å². The van der Waals surface area contributed by atoms with Crippen LogP contribution in [0.4, 0.5) is 10.5 Å². The average Bonchev–Trinajstić information content (AvgIpc) is 2.50. The van der Waals surface area contributed by atoms with Gasteiger partial charge in [-0.1, -0.05) is 17.7 Å². The summed E-state index contributed by atoms with van der Waals surface area (Å²) in [5, 5.41) is 4.64. The summed E-state index contributed by atoms with van der Waals surface area (Å²) in [7, 11) is 0. The molecule has 0 aromatic heterocycles. The van der Waals surface area contributed by atoms with Gasteiger partial charge in [0.15, 0.2) is 6.73 Å². The summed E-state index contributed by atoms with van der Waals surface area (Å²) < 4.78 is 5.33. The zero-order valence-electron chi connectivity index (χ0n) is 12.1. The Hall–Kier alpha value is -3.02. The number of aryl methyl sites for hydroxylation is 1. The Morgan fingerprint density at radius 1 is 1.05 bits per heavy atom. The number of carbonyl (C=O) groups excluding carboxylic acids is 2. The molecule has 4 N–H and O–H groups in total. The minimum absolute atomic E-state index is 0.0378. The second-order valence-electron chi connectivity index (χ2n) is 4.68. The molecule has 2 aromatic carbocycles. The molecule has 3 amide bonds. The summed E-state index contributed by atoms with van der Waals surface area (Å²) in [6, 6.07) is 13.0. The molecule has 0 aliphatic carbocycles. The van der Waals surface area contributed by atoms with E-state index in [1.54, 1.807) is 36.4 Å². The van der Waals surface area contributed by atoms with E-state index >= 15 is 0 Å². The van der Waals surface area contributed by atoms with Crippen molar-refractivity contribution in [2.75, 3.05) is 12.5 Å². The van der Waals surface area contributed by atoms with Gasteiger partial charge in [-0.05, 0) is 43.3 Å². The van der Waals surface area contributed by atoms with Crippen LogP contribution in [0.5, 0.6) is 5.75 Å². The largest absolute Gasteiger partial charge is 0.473 e. The van der Waals surface area contributed by atoms with Crippen molar-refractivity contribution in [3.63, 3.8) is 0 Å². The van der Waals surface area contributed by atoms with Gasteiger partial charge in [0, 0.05) is 11.3 Å². The smallest absolute Gasteiger partial charge is 0.324 e. The van der Waals surface area contributed by atoms with Crippen molar-refractivity contribution in [2.45, 2.75) is 6.92 Å². The van der Waals surface area contributed by atoms with E-state index in [1.807, 2.05) is 19.1 Å². The van der Waals surface area contributed by atoms with E-state index in [1.165, 1.54) is 0 Å². The molecular formula is C16H17N3O3. The number of benzene rings is 2. The molecule has 0 saturated carbocycles. The Morgan fingerprint density at radius 3 is 2.32 bits per heavy atom. The number of imide groups is 1. The fourth-order valence-corrected chi connectivity index (χ4v) is 1.67. The number of nitrogens with one attached hydrogen (secondary N) is 2. The molecule has 0 heterocycles. The third-order valence-corrected chi connectivity index (χ3v) is 2.89. The van der Waals surface area contributed by atoms with Gasteiger partial charge in [0.05, 0.1) is 0 Å². The first-order chi connectivity index (χ1) is 10.5. The first-order valence-corrected chi connectivity index (χ1v) is 6.69. The molecule has 0 aliphatic heterocycles. The van der Waals surface area contributed by atoms with Gasteiger partial charge in [0.2, 0.25) is 0 Å². The van der Waals surface area contributed by atoms with Gasteiger partial charge in [-0.25, -0.2) is 4.79 Å². The van der Waals surface area contributed by atoms with Crippen LogP contribution < -0.4 is 21.1 Å². The maximum atomic E-state index is 11.8. The van der Waals surface area contributed by atoms with Crippen LogP contribution >= 0.6 is 0 Å². The lowest BCUT2D eigenvalue weighted by molar-refractivity contribution is 0.0962. The molecule has 22 heavy (non-hydrogen) atoms. The van der Waals surface area contributed by atoms with Crippen molar-refractivity contribution in [1.82, 2.24) is 10.6 Å². The van der Waals surface area contributed by atoms with E-state index in [4.69, 9.17) is 10.5 Å². The summed E-state index contributed by atoms with van der Waals surface area (Å²) in [6.07, 6.45) is 0. The van der Waals surface area contributed by atoms with E-state index in [-0.39, 0.29) is 6.73 Å². The Kier molecular flexibility index (Phi) is 4.98. The van der Waals surface area contributed by atoms with E-state index < -0.39 is 11.9 Å². The third-order valence-electron chi connectivity index (χ3n) is 2.89. The molecule has 0 radical (unpaired) electrons. The van der Waals surface area contributed by atoms with Crippen molar-refractivity contribution in [1.29, 1.82) is 0 Å². The molecule has 6 nitrogen and oxygen atoms in total. The second kappa shape index (κ2) is 7.12. The Labute approximate surface area is 128 Å². The van der Waals surface area contributed by atoms with Crippen LogP contribution in [0.1, 0.15) is 15.9 Å². The molecule has 114 valence electrons. The quantitative estimate of drug-likeness (QED) is 0.595. The molecule has 0 saturated heterocycles. The molecule has 0 spiro atoms. The highest BCUT2D eigenvalue weighted by Gasteiger charge is 2.09. The molecule has 2 rings (SSSR count). The number of nitrogen functional groups attached to an aromatic ring is 1. The highest BCUT2D eigenvalue weighted by atomic mass is 16.5. The molecule has 0 unspecified atom stereocenters. The number of anilines is 1. The average molecular weight is 299 g/mol. The lowest BCUT2D eigenvalue weighted by atomic mass is 10.2. The fraction of sp³-hybridized carbons (Fsp3) is 0.125. The lowest BCUT2D eigenvalue weighted by Crippen LogP contribution is -2.41. The predicted octanol–water partition coefficient (Wildman–Crippen LogP) is 2.05. The summed E-state index contributed by atoms with van der Waals surface area (Å²) in [6.45, 7) is 1.93. The maximum absolute atomic E-state index is 11.8. The van der Waals surface area contributed by atoms with Crippen LogP contribution in [-0.4, -0.2) is 18.7 Å². The van der Waals surface area contributed by atoms with E-state index in [0.29, 0.717) is 17.0 Å². The first kappa shape index (κ1) is 15.4. The van der Waals surface area contributed by atoms with Gasteiger partial charge in [0.25, 0.3) is 5.91 Å². The van der Waals surface area contributed by atoms with Gasteiger partial charge in [-0.2, -0.15) is 0 Å². The summed E-state index contributed by atoms with van der Waals surface area (Å²) in [5.41, 5.74) is 7.55. The Morgan fingerprint density at radius 2 is 1.68 bits per heavy atom. The second-order valence-corrected chi connectivity index (χ2v) is 4.68. The van der Waals surface area contributed by atoms with Crippen LogP contribution in [0.15, 0.2) is 48.5 Å². The molecule has 0 atom stereocenters. The standard InChI is InChI=1S/C16H17N3O3/c1-11-2-8-14(9-3-11)22-10-18-16(21)19-15(20)12-4-6-13(17)7-5-12/h2-9H,10,17H2,1H3,(H2,18,19,20,21). The zero-order valence-corrected chi connectivity index (χ0v) is 12.1. The molecule has 6 heteroatoms. The minimum atomic E-state index is -0.631. The van der Waals surface area contributed by atoms with Gasteiger partial charge in [0.1, 0.15) is 5.75 Å². The first-order valence-electron chi connectivity index (χ1n) is 6.69. The monoisotopic (exact) mass is 299 g/mol. The third kappa shape index (κ3) is 4.52. The predicted molar refractivity (Wildman–Crippen MR) is 83.5 cm³/mol. The van der Waals surface area contributed by atoms with Crippen molar-refractivity contribution < 1.29 is 14.3 Å². The summed E-state index contributed by atoms with van der Waals surface area (Å²) in [5.74, 6) is 0.128. The Bertz CT molecular complexity index is 651. The fourth-order valence-electron chi connectivity index (χ4n) is 1.67. The molecule has 0 bridgehead atoms. The molecular weight excluding hydrogens is 282 g/mol. The SMILES string of the molecule is Cc1ccc(OCNC(=O)NC(=O)c2ccc(N)cc2)cc1. The number of hydrogen-bond acceptors (Lipinski definition) is 4. The van der Waals surface area contributed by atoms with E-state index in [9.17, 15) is 9.59 Å². The number of carbonyl (C=O) groups is 2. The van der Waals surface area contributed by atoms with E-state index in [2.05, 4.69) is 10.6 Å². The number of urea groups is 1. The maximum Gasteiger partial charge on any atom is 0.324 e. The number of hydrogen-bond donors (Lipinski definition) is 3. The van der Waals surface area contributed by atoms with Crippen LogP contribution in [0, 0.1) is 6.92 Å². The highest BCUT2D eigenvalue weighted by molar-refractivity contribution is 6.04. The highest BCUT2D eigenvalue weighted by Crippen LogP contribution is 2.10. The molecule has 0 aliphatic rings. The summed E-state index contributed by atoms with van der Waals surface area (Å²) >= 11 is 0. The normalized spacial score (nSPS) is 9.86. The number of amides is 3. The Balaban J connectivity index is 1.76. The van der Waals surface area contributed by atoms with Gasteiger partial charge >= 0.3 is 6.03 Å². The number of nitrogens with two attached hydrogens (primary N) is 1. The number of ether oxygens (including phenoxy) is 1. The van der Waals surface area contributed by atoms with Crippen LogP contribution in [-0.2, 0) is 0 Å². The van der Waals surface area contributed by atoms with Gasteiger partial charge in [-0.3, -0.25) is 10.1 Å². The van der Waals surface area contributed by atoms with Gasteiger partial charge in [-0.15, -0.1) is 0 Å². The number of rotatable bonds is 4. The van der Waals surface area contributed by atoms with Crippen LogP contribution in [0.2, 0.25) is 0 Å².